The van der Waals surface area contributed by atoms with Crippen molar-refractivity contribution < 1.29 is 8.42 Å². The fourth-order valence-electron chi connectivity index (χ4n) is 2.18. The summed E-state index contributed by atoms with van der Waals surface area (Å²) in [4.78, 5) is 5.22. The molecule has 5 nitrogen and oxygen atoms in total. The molecule has 0 atom stereocenters. The van der Waals surface area contributed by atoms with Crippen molar-refractivity contribution in [3.8, 4) is 6.07 Å². The van der Waals surface area contributed by atoms with Crippen LogP contribution < -0.4 is 0 Å². The van der Waals surface area contributed by atoms with Crippen LogP contribution in [0.5, 0.6) is 0 Å². The molecule has 7 heteroatoms. The molecule has 0 bridgehead atoms. The molecule has 2 aromatic rings. The maximum Gasteiger partial charge on any atom is 0.244 e. The molecule has 0 N–H and O–H groups in total. The monoisotopic (exact) mass is 305 g/mol. The highest BCUT2D eigenvalue weighted by Crippen LogP contribution is 2.27. The Morgan fingerprint density at radius 3 is 2.90 bits per heavy atom. The van der Waals surface area contributed by atoms with Gasteiger partial charge in [0.05, 0.1) is 0 Å². The van der Waals surface area contributed by atoms with Gasteiger partial charge in [0.2, 0.25) is 10.0 Å². The van der Waals surface area contributed by atoms with E-state index in [4.69, 9.17) is 5.26 Å². The Hall–Kier alpha value is -1.75. The van der Waals surface area contributed by atoms with Crippen LogP contribution in [0.1, 0.15) is 16.1 Å². The molecule has 0 aliphatic carbocycles. The van der Waals surface area contributed by atoms with Crippen LogP contribution in [0.25, 0.3) is 0 Å². The van der Waals surface area contributed by atoms with E-state index in [1.165, 1.54) is 27.5 Å². The van der Waals surface area contributed by atoms with Gasteiger partial charge >= 0.3 is 0 Å². The molecule has 102 valence electrons. The van der Waals surface area contributed by atoms with E-state index in [1.54, 1.807) is 11.3 Å². The first-order valence-electron chi connectivity index (χ1n) is 6.03. The Bertz CT molecular complexity index is 773. The van der Waals surface area contributed by atoms with Gasteiger partial charge in [0.1, 0.15) is 16.7 Å². The number of aromatic nitrogens is 1. The Morgan fingerprint density at radius 1 is 1.35 bits per heavy atom. The van der Waals surface area contributed by atoms with E-state index >= 15 is 0 Å². The van der Waals surface area contributed by atoms with Crippen LogP contribution in [0.4, 0.5) is 0 Å². The van der Waals surface area contributed by atoms with Gasteiger partial charge in [-0.25, -0.2) is 13.4 Å². The summed E-state index contributed by atoms with van der Waals surface area (Å²) >= 11 is 1.67. The molecule has 0 unspecified atom stereocenters. The average molecular weight is 305 g/mol. The SMILES string of the molecule is N#Cc1ccc(S(=O)(=O)N2CCc3sccc3C2)cn1. The average Bonchev–Trinajstić information content (AvgIpc) is 2.94. The molecule has 1 aliphatic rings. The number of nitriles is 1. The van der Waals surface area contributed by atoms with Crippen molar-refractivity contribution in [1.29, 1.82) is 5.26 Å². The summed E-state index contributed by atoms with van der Waals surface area (Å²) in [7, 11) is -3.54. The van der Waals surface area contributed by atoms with Gasteiger partial charge in [0, 0.05) is 24.2 Å². The number of pyridine rings is 1. The van der Waals surface area contributed by atoms with Gasteiger partial charge in [-0.15, -0.1) is 11.3 Å². The predicted octanol–water partition coefficient (Wildman–Crippen LogP) is 1.76. The molecule has 20 heavy (non-hydrogen) atoms. The lowest BCUT2D eigenvalue weighted by Crippen LogP contribution is -2.35. The minimum absolute atomic E-state index is 0.134. The molecule has 0 fully saturated rings. The lowest BCUT2D eigenvalue weighted by Gasteiger charge is -2.26. The molecule has 0 amide bonds. The number of nitrogens with zero attached hydrogens (tertiary/aromatic N) is 3. The van der Waals surface area contributed by atoms with Crippen LogP contribution in [0.15, 0.2) is 34.7 Å². The Labute approximate surface area is 121 Å². The minimum atomic E-state index is -3.54. The van der Waals surface area contributed by atoms with Crippen LogP contribution in [0.2, 0.25) is 0 Å². The number of hydrogen-bond donors (Lipinski definition) is 0. The van der Waals surface area contributed by atoms with Crippen LogP contribution in [0, 0.1) is 11.3 Å². The normalized spacial score (nSPS) is 15.6. The second-order valence-electron chi connectivity index (χ2n) is 4.45. The van der Waals surface area contributed by atoms with Crippen LogP contribution in [0.3, 0.4) is 0 Å². The lowest BCUT2D eigenvalue weighted by atomic mass is 10.1. The Balaban J connectivity index is 1.91. The highest BCUT2D eigenvalue weighted by molar-refractivity contribution is 7.89. The number of rotatable bonds is 2. The van der Waals surface area contributed by atoms with E-state index < -0.39 is 10.0 Å². The quantitative estimate of drug-likeness (QED) is 0.847. The van der Waals surface area contributed by atoms with Crippen molar-refractivity contribution in [2.45, 2.75) is 17.9 Å². The topological polar surface area (TPSA) is 74.1 Å². The molecule has 0 saturated heterocycles. The highest BCUT2D eigenvalue weighted by atomic mass is 32.2. The largest absolute Gasteiger partial charge is 0.244 e. The zero-order chi connectivity index (χ0) is 14.2. The second-order valence-corrected chi connectivity index (χ2v) is 7.39. The summed E-state index contributed by atoms with van der Waals surface area (Å²) in [6.07, 6.45) is 1.99. The molecule has 0 saturated carbocycles. The first-order chi connectivity index (χ1) is 9.61. The Morgan fingerprint density at radius 2 is 2.20 bits per heavy atom. The summed E-state index contributed by atoms with van der Waals surface area (Å²) in [5, 5.41) is 10.7. The van der Waals surface area contributed by atoms with E-state index in [1.807, 2.05) is 17.5 Å². The third-order valence-electron chi connectivity index (χ3n) is 3.26. The lowest BCUT2D eigenvalue weighted by molar-refractivity contribution is 0.394. The molecule has 0 aromatic carbocycles. The first kappa shape index (κ1) is 13.2. The summed E-state index contributed by atoms with van der Waals surface area (Å²) < 4.78 is 26.5. The van der Waals surface area contributed by atoms with Crippen molar-refractivity contribution in [3.63, 3.8) is 0 Å². The standard InChI is InChI=1S/C13H11N3O2S2/c14-7-11-1-2-12(8-15-11)20(17,18)16-5-3-13-10(9-16)4-6-19-13/h1-2,4,6,8H,3,5,9H2. The van der Waals surface area contributed by atoms with Gasteiger partial charge in [-0.2, -0.15) is 9.57 Å². The van der Waals surface area contributed by atoms with Crippen LogP contribution in [-0.2, 0) is 23.0 Å². The van der Waals surface area contributed by atoms with E-state index in [2.05, 4.69) is 4.98 Å². The summed E-state index contributed by atoms with van der Waals surface area (Å²) in [5.41, 5.74) is 1.29. The number of fused-ring (bicyclic) bond motifs is 1. The maximum atomic E-state index is 12.5. The van der Waals surface area contributed by atoms with E-state index in [-0.39, 0.29) is 10.6 Å². The minimum Gasteiger partial charge on any atom is -0.244 e. The van der Waals surface area contributed by atoms with E-state index in [0.717, 1.165) is 12.0 Å². The van der Waals surface area contributed by atoms with Crippen molar-refractivity contribution in [3.05, 3.63) is 45.9 Å². The number of hydrogen-bond acceptors (Lipinski definition) is 5. The van der Waals surface area contributed by atoms with Crippen molar-refractivity contribution in [2.75, 3.05) is 6.54 Å². The molecule has 0 radical (unpaired) electrons. The zero-order valence-electron chi connectivity index (χ0n) is 10.5. The van der Waals surface area contributed by atoms with Crippen molar-refractivity contribution >= 4 is 21.4 Å². The number of sulfonamides is 1. The molecule has 1 aliphatic heterocycles. The van der Waals surface area contributed by atoms with E-state index in [9.17, 15) is 8.42 Å². The number of thiophene rings is 1. The fraction of sp³-hybridized carbons (Fsp3) is 0.231. The maximum absolute atomic E-state index is 12.5. The van der Waals surface area contributed by atoms with Gasteiger partial charge in [0.25, 0.3) is 0 Å². The van der Waals surface area contributed by atoms with Crippen LogP contribution in [-0.4, -0.2) is 24.3 Å². The zero-order valence-corrected chi connectivity index (χ0v) is 12.1. The molecule has 3 rings (SSSR count). The van der Waals surface area contributed by atoms with Gasteiger partial charge < -0.3 is 0 Å². The van der Waals surface area contributed by atoms with E-state index in [0.29, 0.717) is 13.1 Å². The summed E-state index contributed by atoms with van der Waals surface area (Å²) in [6.45, 7) is 0.886. The summed E-state index contributed by atoms with van der Waals surface area (Å²) in [6, 6.07) is 6.71. The van der Waals surface area contributed by atoms with Crippen molar-refractivity contribution in [2.24, 2.45) is 0 Å². The third-order valence-corrected chi connectivity index (χ3v) is 6.11. The molecule has 2 aromatic heterocycles. The predicted molar refractivity (Wildman–Crippen MR) is 74.6 cm³/mol. The van der Waals surface area contributed by atoms with Gasteiger partial charge in [-0.3, -0.25) is 0 Å². The molecule has 0 spiro atoms. The smallest absolute Gasteiger partial charge is 0.244 e. The van der Waals surface area contributed by atoms with Crippen molar-refractivity contribution in [1.82, 2.24) is 9.29 Å². The fourth-order valence-corrected chi connectivity index (χ4v) is 4.43. The molecule has 3 heterocycles. The second kappa shape index (κ2) is 4.98. The van der Waals surface area contributed by atoms with Gasteiger partial charge in [-0.05, 0) is 35.6 Å². The highest BCUT2D eigenvalue weighted by Gasteiger charge is 2.28. The first-order valence-corrected chi connectivity index (χ1v) is 8.35. The molecular weight excluding hydrogens is 294 g/mol. The van der Waals surface area contributed by atoms with Crippen LogP contribution >= 0.6 is 11.3 Å². The molecular formula is C13H11N3O2S2. The summed E-state index contributed by atoms with van der Waals surface area (Å²) in [5.74, 6) is 0. The van der Waals surface area contributed by atoms with Gasteiger partial charge in [-0.1, -0.05) is 0 Å². The Kier molecular flexibility index (Phi) is 3.30. The third kappa shape index (κ3) is 2.22. The van der Waals surface area contributed by atoms with Gasteiger partial charge in [0.15, 0.2) is 0 Å².